The van der Waals surface area contributed by atoms with Crippen LogP contribution in [0, 0.1) is 0 Å². The van der Waals surface area contributed by atoms with Gasteiger partial charge in [-0.25, -0.2) is 5.43 Å². The van der Waals surface area contributed by atoms with Crippen LogP contribution in [-0.2, 0) is 9.59 Å². The molecule has 7 nitrogen and oxygen atoms in total. The van der Waals surface area contributed by atoms with Crippen molar-refractivity contribution < 1.29 is 19.1 Å². The Morgan fingerprint density at radius 1 is 1.08 bits per heavy atom. The summed E-state index contributed by atoms with van der Waals surface area (Å²) >= 11 is 0. The van der Waals surface area contributed by atoms with Gasteiger partial charge in [-0.1, -0.05) is 12.1 Å². The number of nitrogens with zero attached hydrogens (tertiary/aromatic N) is 1. The molecular weight excluding hydrogens is 322 g/mol. The van der Waals surface area contributed by atoms with Crippen LogP contribution in [-0.4, -0.2) is 31.7 Å². The molecule has 0 fully saturated rings. The standard InChI is InChI=1S/C18H19N3O4/c1-3-25-14-10-8-13(9-11-14)12-19-21-18(23)17(22)20-15-6-4-5-7-16(15)24-2/h4-12H,3H2,1-2H3,(H,20,22)(H,21,23)/b19-12+. The van der Waals surface area contributed by atoms with Crippen molar-refractivity contribution in [3.63, 3.8) is 0 Å². The third-order valence-electron chi connectivity index (χ3n) is 3.13. The van der Waals surface area contributed by atoms with Crippen LogP contribution in [0.15, 0.2) is 53.6 Å². The molecule has 0 spiro atoms. The van der Waals surface area contributed by atoms with Crippen LogP contribution >= 0.6 is 0 Å². The second-order valence-electron chi connectivity index (χ2n) is 4.86. The average Bonchev–Trinajstić information content (AvgIpc) is 2.63. The van der Waals surface area contributed by atoms with Gasteiger partial charge in [-0.3, -0.25) is 9.59 Å². The third-order valence-corrected chi connectivity index (χ3v) is 3.13. The normalized spacial score (nSPS) is 10.3. The van der Waals surface area contributed by atoms with E-state index in [1.807, 2.05) is 6.92 Å². The number of anilines is 1. The second-order valence-corrected chi connectivity index (χ2v) is 4.86. The molecule has 0 saturated heterocycles. The Bertz CT molecular complexity index is 757. The van der Waals surface area contributed by atoms with Crippen LogP contribution in [0.3, 0.4) is 0 Å². The van der Waals surface area contributed by atoms with E-state index in [0.29, 0.717) is 18.0 Å². The van der Waals surface area contributed by atoms with Crippen molar-refractivity contribution in [2.24, 2.45) is 5.10 Å². The number of ether oxygens (including phenoxy) is 2. The lowest BCUT2D eigenvalue weighted by Gasteiger charge is -2.08. The summed E-state index contributed by atoms with van der Waals surface area (Å²) in [5.41, 5.74) is 3.34. The van der Waals surface area contributed by atoms with Gasteiger partial charge in [-0.15, -0.1) is 0 Å². The first-order valence-electron chi connectivity index (χ1n) is 7.64. The summed E-state index contributed by atoms with van der Waals surface area (Å²) in [7, 11) is 1.48. The van der Waals surface area contributed by atoms with Gasteiger partial charge in [0.25, 0.3) is 0 Å². The number of carbonyl (C=O) groups excluding carboxylic acids is 2. The SMILES string of the molecule is CCOc1ccc(/C=N/NC(=O)C(=O)Nc2ccccc2OC)cc1. The number of hydrazone groups is 1. The minimum Gasteiger partial charge on any atom is -0.495 e. The van der Waals surface area contributed by atoms with E-state index in [2.05, 4.69) is 15.8 Å². The second kappa shape index (κ2) is 9.07. The first-order valence-corrected chi connectivity index (χ1v) is 7.64. The number of rotatable bonds is 6. The van der Waals surface area contributed by atoms with Gasteiger partial charge in [0.05, 0.1) is 25.6 Å². The lowest BCUT2D eigenvalue weighted by molar-refractivity contribution is -0.136. The van der Waals surface area contributed by atoms with Crippen LogP contribution in [0.4, 0.5) is 5.69 Å². The molecule has 0 unspecified atom stereocenters. The molecular formula is C18H19N3O4. The molecule has 25 heavy (non-hydrogen) atoms. The maximum absolute atomic E-state index is 11.9. The van der Waals surface area contributed by atoms with E-state index in [9.17, 15) is 9.59 Å². The van der Waals surface area contributed by atoms with Crippen molar-refractivity contribution in [1.82, 2.24) is 5.43 Å². The summed E-state index contributed by atoms with van der Waals surface area (Å²) in [6.45, 7) is 2.49. The van der Waals surface area contributed by atoms with Gasteiger partial charge in [-0.2, -0.15) is 5.10 Å². The Balaban J connectivity index is 1.89. The molecule has 0 aromatic heterocycles. The van der Waals surface area contributed by atoms with Gasteiger partial charge in [0.15, 0.2) is 0 Å². The zero-order chi connectivity index (χ0) is 18.1. The number of methoxy groups -OCH3 is 1. The van der Waals surface area contributed by atoms with E-state index in [4.69, 9.17) is 9.47 Å². The summed E-state index contributed by atoms with van der Waals surface area (Å²) in [5, 5.41) is 6.23. The van der Waals surface area contributed by atoms with Gasteiger partial charge < -0.3 is 14.8 Å². The molecule has 2 N–H and O–H groups in total. The van der Waals surface area contributed by atoms with Crippen LogP contribution in [0.1, 0.15) is 12.5 Å². The number of hydrogen-bond acceptors (Lipinski definition) is 5. The van der Waals surface area contributed by atoms with E-state index in [-0.39, 0.29) is 0 Å². The topological polar surface area (TPSA) is 89.0 Å². The van der Waals surface area contributed by atoms with E-state index in [1.165, 1.54) is 13.3 Å². The molecule has 130 valence electrons. The van der Waals surface area contributed by atoms with Crippen LogP contribution in [0.2, 0.25) is 0 Å². The molecule has 2 aromatic rings. The van der Waals surface area contributed by atoms with Crippen molar-refractivity contribution in [3.05, 3.63) is 54.1 Å². The molecule has 0 atom stereocenters. The van der Waals surface area contributed by atoms with Gasteiger partial charge >= 0.3 is 11.8 Å². The quantitative estimate of drug-likeness (QED) is 0.479. The first-order chi connectivity index (χ1) is 12.1. The smallest absolute Gasteiger partial charge is 0.329 e. The maximum atomic E-state index is 11.9. The van der Waals surface area contributed by atoms with E-state index >= 15 is 0 Å². The molecule has 0 radical (unpaired) electrons. The highest BCUT2D eigenvalue weighted by molar-refractivity contribution is 6.39. The predicted octanol–water partition coefficient (Wildman–Crippen LogP) is 2.18. The molecule has 2 rings (SSSR count). The highest BCUT2D eigenvalue weighted by Crippen LogP contribution is 2.22. The van der Waals surface area contributed by atoms with E-state index in [0.717, 1.165) is 11.3 Å². The Kier molecular flexibility index (Phi) is 6.53. The predicted molar refractivity (Wildman–Crippen MR) is 95.0 cm³/mol. The fourth-order valence-electron chi connectivity index (χ4n) is 1.96. The van der Waals surface area contributed by atoms with Crippen molar-refractivity contribution in [2.75, 3.05) is 19.0 Å². The number of amides is 2. The molecule has 2 amide bonds. The maximum Gasteiger partial charge on any atom is 0.329 e. The molecule has 0 bridgehead atoms. The number of carbonyl (C=O) groups is 2. The Morgan fingerprint density at radius 2 is 1.80 bits per heavy atom. The number of hydrogen-bond donors (Lipinski definition) is 2. The minimum atomic E-state index is -0.881. The minimum absolute atomic E-state index is 0.403. The van der Waals surface area contributed by atoms with Gasteiger partial charge in [0.1, 0.15) is 11.5 Å². The number of nitrogens with one attached hydrogen (secondary N) is 2. The van der Waals surface area contributed by atoms with Gasteiger partial charge in [-0.05, 0) is 48.9 Å². The van der Waals surface area contributed by atoms with E-state index < -0.39 is 11.8 Å². The summed E-state index contributed by atoms with van der Waals surface area (Å²) in [5.74, 6) is -0.511. The Labute approximate surface area is 145 Å². The molecule has 7 heteroatoms. The zero-order valence-electron chi connectivity index (χ0n) is 14.0. The number of para-hydroxylation sites is 2. The zero-order valence-corrected chi connectivity index (χ0v) is 14.0. The highest BCUT2D eigenvalue weighted by Gasteiger charge is 2.14. The van der Waals surface area contributed by atoms with Crippen LogP contribution in [0.25, 0.3) is 0 Å². The summed E-state index contributed by atoms with van der Waals surface area (Å²) in [4.78, 5) is 23.6. The molecule has 0 aliphatic carbocycles. The van der Waals surface area contributed by atoms with Crippen LogP contribution in [0.5, 0.6) is 11.5 Å². The highest BCUT2D eigenvalue weighted by atomic mass is 16.5. The Morgan fingerprint density at radius 3 is 2.48 bits per heavy atom. The molecule has 0 aliphatic rings. The summed E-state index contributed by atoms with van der Waals surface area (Å²) < 4.78 is 10.4. The Hall–Kier alpha value is -3.35. The van der Waals surface area contributed by atoms with E-state index in [1.54, 1.807) is 48.5 Å². The molecule has 0 heterocycles. The lowest BCUT2D eigenvalue weighted by atomic mass is 10.2. The van der Waals surface area contributed by atoms with Crippen molar-refractivity contribution in [2.45, 2.75) is 6.92 Å². The third kappa shape index (κ3) is 5.35. The largest absolute Gasteiger partial charge is 0.495 e. The lowest BCUT2D eigenvalue weighted by Crippen LogP contribution is -2.32. The van der Waals surface area contributed by atoms with Crippen molar-refractivity contribution in [3.8, 4) is 11.5 Å². The number of benzene rings is 2. The fraction of sp³-hybridized carbons (Fsp3) is 0.167. The van der Waals surface area contributed by atoms with Crippen molar-refractivity contribution in [1.29, 1.82) is 0 Å². The molecule has 0 saturated carbocycles. The fourth-order valence-corrected chi connectivity index (χ4v) is 1.96. The first kappa shape index (κ1) is 18.0. The molecule has 2 aromatic carbocycles. The van der Waals surface area contributed by atoms with Gasteiger partial charge in [0, 0.05) is 0 Å². The van der Waals surface area contributed by atoms with Crippen LogP contribution < -0.4 is 20.2 Å². The summed E-state index contributed by atoms with van der Waals surface area (Å²) in [6, 6.07) is 14.0. The van der Waals surface area contributed by atoms with Gasteiger partial charge in [0.2, 0.25) is 0 Å². The monoisotopic (exact) mass is 341 g/mol. The summed E-state index contributed by atoms with van der Waals surface area (Å²) in [6.07, 6.45) is 1.43. The average molecular weight is 341 g/mol. The van der Waals surface area contributed by atoms with Crippen molar-refractivity contribution >= 4 is 23.7 Å². The molecule has 0 aliphatic heterocycles.